The molecule has 1 N–H and O–H groups in total. The third kappa shape index (κ3) is 3.39. The highest BCUT2D eigenvalue weighted by Crippen LogP contribution is 2.29. The number of nitrogens with zero attached hydrogens (tertiary/aromatic N) is 4. The molecular weight excluding hydrogens is 371 g/mol. The van der Waals surface area contributed by atoms with E-state index in [9.17, 15) is 18.0 Å². The Kier molecular flexibility index (Phi) is 4.44. The van der Waals surface area contributed by atoms with Gasteiger partial charge in [-0.1, -0.05) is 0 Å². The molecule has 1 saturated heterocycles. The summed E-state index contributed by atoms with van der Waals surface area (Å²) in [6.07, 6.45) is -0.519. The van der Waals surface area contributed by atoms with E-state index in [1.807, 2.05) is 6.92 Å². The van der Waals surface area contributed by atoms with Crippen molar-refractivity contribution in [1.82, 2.24) is 19.7 Å². The third-order valence-corrected chi connectivity index (χ3v) is 4.82. The lowest BCUT2D eigenvalue weighted by atomic mass is 10.2. The molecule has 3 heterocycles. The van der Waals surface area contributed by atoms with E-state index in [1.165, 1.54) is 22.9 Å². The van der Waals surface area contributed by atoms with Crippen LogP contribution in [-0.4, -0.2) is 32.8 Å². The van der Waals surface area contributed by atoms with Gasteiger partial charge in [0.1, 0.15) is 0 Å². The fraction of sp³-hybridized carbons (Fsp3) is 0.316. The van der Waals surface area contributed by atoms with Crippen LogP contribution >= 0.6 is 0 Å². The molecule has 0 radical (unpaired) electrons. The van der Waals surface area contributed by atoms with Crippen LogP contribution in [0.5, 0.6) is 0 Å². The summed E-state index contributed by atoms with van der Waals surface area (Å²) >= 11 is 0. The largest absolute Gasteiger partial charge is 0.416 e. The number of benzene rings is 1. The van der Waals surface area contributed by atoms with E-state index in [0.717, 1.165) is 43.8 Å². The van der Waals surface area contributed by atoms with Gasteiger partial charge in [0.2, 0.25) is 5.95 Å². The van der Waals surface area contributed by atoms with Gasteiger partial charge in [0.05, 0.1) is 22.6 Å². The van der Waals surface area contributed by atoms with Crippen LogP contribution in [0.4, 0.5) is 19.1 Å². The molecule has 9 heteroatoms. The number of hydrogen-bond acceptors (Lipinski definition) is 4. The molecule has 1 aromatic carbocycles. The minimum Gasteiger partial charge on any atom is -0.341 e. The number of aryl methyl sites for hydroxylation is 1. The van der Waals surface area contributed by atoms with Crippen molar-refractivity contribution in [3.8, 4) is 16.9 Å². The maximum Gasteiger partial charge on any atom is 0.416 e. The number of aromatic nitrogens is 4. The molecule has 0 aliphatic carbocycles. The molecule has 4 rings (SSSR count). The maximum atomic E-state index is 12.7. The Morgan fingerprint density at radius 2 is 1.79 bits per heavy atom. The molecular formula is C19H18F3N5O. The van der Waals surface area contributed by atoms with Crippen molar-refractivity contribution >= 4 is 5.95 Å². The second kappa shape index (κ2) is 6.81. The van der Waals surface area contributed by atoms with Gasteiger partial charge in [-0.2, -0.15) is 13.2 Å². The molecule has 0 saturated carbocycles. The summed E-state index contributed by atoms with van der Waals surface area (Å²) in [4.78, 5) is 23.4. The SMILES string of the molecule is Cc1nc(N2CCCC2)ncc1-c1cc(=O)n(-c2ccc(C(F)(F)F)cc2)[nH]1. The standard InChI is InChI=1S/C19H18F3N5O/c1-12-15(11-23-18(24-12)26-8-2-3-9-26)16-10-17(28)27(25-16)14-6-4-13(5-7-14)19(20,21)22/h4-7,10-11,25H,2-3,8-9H2,1H3. The summed E-state index contributed by atoms with van der Waals surface area (Å²) in [6, 6.07) is 5.79. The molecule has 0 unspecified atom stereocenters. The lowest BCUT2D eigenvalue weighted by Gasteiger charge is -2.16. The van der Waals surface area contributed by atoms with Gasteiger partial charge in [0.15, 0.2) is 0 Å². The van der Waals surface area contributed by atoms with Crippen LogP contribution in [0.2, 0.25) is 0 Å². The molecule has 1 aliphatic heterocycles. The second-order valence-electron chi connectivity index (χ2n) is 6.75. The first-order chi connectivity index (χ1) is 13.3. The number of aromatic amines is 1. The van der Waals surface area contributed by atoms with Gasteiger partial charge in [-0.25, -0.2) is 14.6 Å². The summed E-state index contributed by atoms with van der Waals surface area (Å²) in [5, 5.41) is 2.93. The third-order valence-electron chi connectivity index (χ3n) is 4.82. The molecule has 146 valence electrons. The highest BCUT2D eigenvalue weighted by molar-refractivity contribution is 5.61. The lowest BCUT2D eigenvalue weighted by Crippen LogP contribution is -2.20. The molecule has 3 aromatic rings. The van der Waals surface area contributed by atoms with Crippen LogP contribution in [-0.2, 0) is 6.18 Å². The Morgan fingerprint density at radius 3 is 2.39 bits per heavy atom. The quantitative estimate of drug-likeness (QED) is 0.744. The van der Waals surface area contributed by atoms with Crippen molar-refractivity contribution < 1.29 is 13.2 Å². The molecule has 28 heavy (non-hydrogen) atoms. The smallest absolute Gasteiger partial charge is 0.341 e. The summed E-state index contributed by atoms with van der Waals surface area (Å²) in [7, 11) is 0. The van der Waals surface area contributed by atoms with Gasteiger partial charge in [0.25, 0.3) is 5.56 Å². The molecule has 0 atom stereocenters. The summed E-state index contributed by atoms with van der Waals surface area (Å²) < 4.78 is 39.4. The van der Waals surface area contributed by atoms with Gasteiger partial charge < -0.3 is 4.90 Å². The van der Waals surface area contributed by atoms with E-state index >= 15 is 0 Å². The first-order valence-corrected chi connectivity index (χ1v) is 8.91. The van der Waals surface area contributed by atoms with Crippen LogP contribution in [0.3, 0.4) is 0 Å². The number of anilines is 1. The molecule has 0 bridgehead atoms. The molecule has 0 amide bonds. The Hall–Kier alpha value is -3.10. The fourth-order valence-corrected chi connectivity index (χ4v) is 3.31. The Bertz CT molecular complexity index is 1050. The van der Waals surface area contributed by atoms with Crippen LogP contribution in [0.15, 0.2) is 41.3 Å². The molecule has 0 spiro atoms. The second-order valence-corrected chi connectivity index (χ2v) is 6.75. The van der Waals surface area contributed by atoms with E-state index in [4.69, 9.17) is 0 Å². The van der Waals surface area contributed by atoms with E-state index in [2.05, 4.69) is 20.0 Å². The fourth-order valence-electron chi connectivity index (χ4n) is 3.31. The molecule has 1 aliphatic rings. The summed E-state index contributed by atoms with van der Waals surface area (Å²) in [6.45, 7) is 3.70. The van der Waals surface area contributed by atoms with Gasteiger partial charge in [-0.05, 0) is 44.0 Å². The van der Waals surface area contributed by atoms with E-state index in [1.54, 1.807) is 6.20 Å². The van der Waals surface area contributed by atoms with Crippen LogP contribution in [0.25, 0.3) is 16.9 Å². The van der Waals surface area contributed by atoms with Crippen molar-refractivity contribution in [2.75, 3.05) is 18.0 Å². The first kappa shape index (κ1) is 18.3. The minimum absolute atomic E-state index is 0.316. The number of rotatable bonds is 3. The summed E-state index contributed by atoms with van der Waals surface area (Å²) in [5.41, 5.74) is 1.07. The van der Waals surface area contributed by atoms with E-state index in [-0.39, 0.29) is 5.56 Å². The predicted octanol–water partition coefficient (Wildman–Crippen LogP) is 3.55. The van der Waals surface area contributed by atoms with Crippen molar-refractivity contribution in [3.63, 3.8) is 0 Å². The number of alkyl halides is 3. The van der Waals surface area contributed by atoms with E-state index < -0.39 is 11.7 Å². The highest BCUT2D eigenvalue weighted by Gasteiger charge is 2.30. The van der Waals surface area contributed by atoms with Gasteiger partial charge in [-0.3, -0.25) is 9.89 Å². The van der Waals surface area contributed by atoms with E-state index in [0.29, 0.717) is 22.9 Å². The van der Waals surface area contributed by atoms with Crippen LogP contribution in [0.1, 0.15) is 24.1 Å². The number of H-pyrrole nitrogens is 1. The minimum atomic E-state index is -4.42. The van der Waals surface area contributed by atoms with Crippen LogP contribution in [0, 0.1) is 6.92 Å². The monoisotopic (exact) mass is 389 g/mol. The van der Waals surface area contributed by atoms with Gasteiger partial charge in [-0.15, -0.1) is 0 Å². The maximum absolute atomic E-state index is 12.7. The highest BCUT2D eigenvalue weighted by atomic mass is 19.4. The molecule has 1 fully saturated rings. The topological polar surface area (TPSA) is 66.8 Å². The van der Waals surface area contributed by atoms with Crippen molar-refractivity contribution in [2.45, 2.75) is 25.9 Å². The van der Waals surface area contributed by atoms with Gasteiger partial charge in [0, 0.05) is 30.9 Å². The average Bonchev–Trinajstić information content (AvgIpc) is 3.31. The van der Waals surface area contributed by atoms with Crippen molar-refractivity contribution in [3.05, 3.63) is 58.1 Å². The predicted molar refractivity (Wildman–Crippen MR) is 98.6 cm³/mol. The Labute approximate surface area is 158 Å². The normalized spacial score (nSPS) is 14.6. The zero-order valence-corrected chi connectivity index (χ0v) is 15.1. The summed E-state index contributed by atoms with van der Waals surface area (Å²) in [5.74, 6) is 0.670. The zero-order valence-electron chi connectivity index (χ0n) is 15.1. The lowest BCUT2D eigenvalue weighted by molar-refractivity contribution is -0.137. The molecule has 2 aromatic heterocycles. The number of nitrogens with one attached hydrogen (secondary N) is 1. The van der Waals surface area contributed by atoms with Crippen LogP contribution < -0.4 is 10.5 Å². The number of hydrogen-bond donors (Lipinski definition) is 1. The van der Waals surface area contributed by atoms with Crippen molar-refractivity contribution in [2.24, 2.45) is 0 Å². The van der Waals surface area contributed by atoms with Crippen molar-refractivity contribution in [1.29, 1.82) is 0 Å². The Morgan fingerprint density at radius 1 is 1.11 bits per heavy atom. The average molecular weight is 389 g/mol. The first-order valence-electron chi connectivity index (χ1n) is 8.91. The molecule has 6 nitrogen and oxygen atoms in total. The van der Waals surface area contributed by atoms with Gasteiger partial charge >= 0.3 is 6.18 Å². The Balaban J connectivity index is 1.65. The zero-order chi connectivity index (χ0) is 19.9. The number of halogens is 3.